The van der Waals surface area contributed by atoms with E-state index in [0.29, 0.717) is 5.56 Å². The molecule has 3 aromatic rings. The van der Waals surface area contributed by atoms with Gasteiger partial charge in [0.1, 0.15) is 11.5 Å². The van der Waals surface area contributed by atoms with E-state index < -0.39 is 5.60 Å². The summed E-state index contributed by atoms with van der Waals surface area (Å²) in [6.07, 6.45) is 0. The number of hydrogen-bond donors (Lipinski definition) is 0. The molecule has 0 aromatic heterocycles. The van der Waals surface area contributed by atoms with Gasteiger partial charge in [0, 0.05) is 36.0 Å². The van der Waals surface area contributed by atoms with Crippen molar-refractivity contribution in [3.8, 4) is 11.5 Å². The molecule has 0 N–H and O–H groups in total. The maximum absolute atomic E-state index is 12.9. The van der Waals surface area contributed by atoms with E-state index in [1.165, 1.54) is 0 Å². The third kappa shape index (κ3) is 2.35. The maximum Gasteiger partial charge on any atom is 0.340 e. The van der Waals surface area contributed by atoms with Crippen LogP contribution in [0, 0.1) is 6.92 Å². The van der Waals surface area contributed by atoms with E-state index >= 15 is 0 Å². The highest BCUT2D eigenvalue weighted by atomic mass is 16.6. The van der Waals surface area contributed by atoms with Crippen molar-refractivity contribution >= 4 is 11.7 Å². The first-order valence-electron chi connectivity index (χ1n) is 10.1. The lowest BCUT2D eigenvalue weighted by Gasteiger charge is -2.38. The molecule has 1 spiro atoms. The molecule has 1 unspecified atom stereocenters. The third-order valence-electron chi connectivity index (χ3n) is 6.05. The number of esters is 1. The Bertz CT molecular complexity index is 1130. The second-order valence-corrected chi connectivity index (χ2v) is 7.52. The minimum Gasteiger partial charge on any atom is -0.456 e. The zero-order valence-electron chi connectivity index (χ0n) is 16.9. The van der Waals surface area contributed by atoms with E-state index in [4.69, 9.17) is 9.47 Å². The van der Waals surface area contributed by atoms with Gasteiger partial charge in [0.15, 0.2) is 5.60 Å². The van der Waals surface area contributed by atoms with Gasteiger partial charge in [-0.1, -0.05) is 30.3 Å². The van der Waals surface area contributed by atoms with Gasteiger partial charge in [0.05, 0.1) is 11.1 Å². The fourth-order valence-corrected chi connectivity index (χ4v) is 4.70. The van der Waals surface area contributed by atoms with Gasteiger partial charge in [-0.3, -0.25) is 0 Å². The van der Waals surface area contributed by atoms with Crippen molar-refractivity contribution in [1.82, 2.24) is 0 Å². The summed E-state index contributed by atoms with van der Waals surface area (Å²) in [5.74, 6) is 1.17. The van der Waals surface area contributed by atoms with Crippen molar-refractivity contribution in [3.05, 3.63) is 88.5 Å². The van der Waals surface area contributed by atoms with E-state index in [1.54, 1.807) is 0 Å². The number of nitrogens with zero attached hydrogens (tertiary/aromatic N) is 1. The largest absolute Gasteiger partial charge is 0.456 e. The summed E-state index contributed by atoms with van der Waals surface area (Å²) in [6, 6.07) is 19.8. The van der Waals surface area contributed by atoms with Gasteiger partial charge >= 0.3 is 5.97 Å². The number of fused-ring (bicyclic) bond motifs is 6. The van der Waals surface area contributed by atoms with Gasteiger partial charge < -0.3 is 14.4 Å². The summed E-state index contributed by atoms with van der Waals surface area (Å²) in [6.45, 7) is 8.13. The Morgan fingerprint density at radius 2 is 1.69 bits per heavy atom. The van der Waals surface area contributed by atoms with Crippen LogP contribution in [-0.2, 0) is 10.3 Å². The molecule has 2 heterocycles. The Morgan fingerprint density at radius 3 is 2.48 bits per heavy atom. The SMILES string of the molecule is CCN(CC)c1ccc2c(c1)Oc1cccc(C)c1C21OC(=O)c2ccccc21. The quantitative estimate of drug-likeness (QED) is 0.565. The minimum atomic E-state index is -0.982. The average Bonchev–Trinajstić information content (AvgIpc) is 3.02. The number of carbonyl (C=O) groups excluding carboxylic acids is 1. The van der Waals surface area contributed by atoms with Crippen LogP contribution in [0.4, 0.5) is 5.69 Å². The van der Waals surface area contributed by atoms with Gasteiger partial charge in [-0.05, 0) is 50.6 Å². The molecule has 2 aliphatic heterocycles. The molecule has 146 valence electrons. The topological polar surface area (TPSA) is 38.8 Å². The number of ether oxygens (including phenoxy) is 2. The summed E-state index contributed by atoms with van der Waals surface area (Å²) in [7, 11) is 0. The number of aryl methyl sites for hydroxylation is 1. The zero-order chi connectivity index (χ0) is 20.2. The standard InChI is InChI=1S/C25H23NO3/c1-4-26(5-2)17-13-14-20-22(15-17)28-21-12-8-9-16(3)23(21)25(20)19-11-7-6-10-18(19)24(27)29-25/h6-15H,4-5H2,1-3H3. The summed E-state index contributed by atoms with van der Waals surface area (Å²) in [5, 5.41) is 0. The first-order chi connectivity index (χ1) is 14.1. The Balaban J connectivity index is 1.82. The van der Waals surface area contributed by atoms with Crippen molar-refractivity contribution in [3.63, 3.8) is 0 Å². The molecule has 0 amide bonds. The molecule has 4 nitrogen and oxygen atoms in total. The van der Waals surface area contributed by atoms with E-state index in [9.17, 15) is 4.79 Å². The van der Waals surface area contributed by atoms with Crippen LogP contribution in [0.25, 0.3) is 0 Å². The van der Waals surface area contributed by atoms with Gasteiger partial charge in [-0.2, -0.15) is 0 Å². The predicted molar refractivity (Wildman–Crippen MR) is 113 cm³/mol. The molecule has 5 rings (SSSR count). The van der Waals surface area contributed by atoms with Crippen LogP contribution in [0.3, 0.4) is 0 Å². The van der Waals surface area contributed by atoms with Crippen molar-refractivity contribution in [2.45, 2.75) is 26.4 Å². The van der Waals surface area contributed by atoms with E-state index in [-0.39, 0.29) is 5.97 Å². The molecule has 0 bridgehead atoms. The zero-order valence-corrected chi connectivity index (χ0v) is 16.9. The number of carbonyl (C=O) groups is 1. The minimum absolute atomic E-state index is 0.296. The van der Waals surface area contributed by atoms with Crippen molar-refractivity contribution in [1.29, 1.82) is 0 Å². The molecule has 0 radical (unpaired) electrons. The van der Waals surface area contributed by atoms with Crippen molar-refractivity contribution < 1.29 is 14.3 Å². The summed E-state index contributed by atoms with van der Waals surface area (Å²) < 4.78 is 12.6. The Hall–Kier alpha value is -3.27. The first-order valence-corrected chi connectivity index (χ1v) is 10.1. The molecule has 0 fully saturated rings. The lowest BCUT2D eigenvalue weighted by molar-refractivity contribution is 0.0222. The number of hydrogen-bond acceptors (Lipinski definition) is 4. The Kier molecular flexibility index (Phi) is 3.91. The molecule has 0 saturated heterocycles. The van der Waals surface area contributed by atoms with Crippen LogP contribution in [-0.4, -0.2) is 19.1 Å². The predicted octanol–water partition coefficient (Wildman–Crippen LogP) is 5.41. The van der Waals surface area contributed by atoms with Gasteiger partial charge in [0.2, 0.25) is 0 Å². The first kappa shape index (κ1) is 17.8. The second-order valence-electron chi connectivity index (χ2n) is 7.52. The highest BCUT2D eigenvalue weighted by molar-refractivity contribution is 5.97. The third-order valence-corrected chi connectivity index (χ3v) is 6.05. The molecule has 2 aliphatic rings. The van der Waals surface area contributed by atoms with Gasteiger partial charge in [-0.25, -0.2) is 4.79 Å². The highest BCUT2D eigenvalue weighted by Crippen LogP contribution is 2.57. The van der Waals surface area contributed by atoms with Crippen molar-refractivity contribution in [2.75, 3.05) is 18.0 Å². The molecule has 1 atom stereocenters. The lowest BCUT2D eigenvalue weighted by Crippen LogP contribution is -2.34. The van der Waals surface area contributed by atoms with Crippen LogP contribution < -0.4 is 9.64 Å². The second kappa shape index (κ2) is 6.38. The normalized spacial score (nSPS) is 18.5. The fourth-order valence-electron chi connectivity index (χ4n) is 4.70. The molecular formula is C25H23NO3. The van der Waals surface area contributed by atoms with Gasteiger partial charge in [-0.15, -0.1) is 0 Å². The van der Waals surface area contributed by atoms with Crippen molar-refractivity contribution in [2.24, 2.45) is 0 Å². The Labute approximate surface area is 170 Å². The highest BCUT2D eigenvalue weighted by Gasteiger charge is 2.54. The molecule has 0 aliphatic carbocycles. The summed E-state index contributed by atoms with van der Waals surface area (Å²) in [5.41, 5.74) is 4.41. The Morgan fingerprint density at radius 1 is 0.897 bits per heavy atom. The number of rotatable bonds is 3. The number of anilines is 1. The molecule has 4 heteroatoms. The average molecular weight is 385 g/mol. The summed E-state index contributed by atoms with van der Waals surface area (Å²) in [4.78, 5) is 15.1. The van der Waals surface area contributed by atoms with Crippen LogP contribution >= 0.6 is 0 Å². The van der Waals surface area contributed by atoms with Crippen LogP contribution in [0.2, 0.25) is 0 Å². The van der Waals surface area contributed by atoms with E-state index in [2.05, 4.69) is 30.9 Å². The molecule has 3 aromatic carbocycles. The smallest absolute Gasteiger partial charge is 0.340 e. The molecular weight excluding hydrogens is 362 g/mol. The lowest BCUT2D eigenvalue weighted by atomic mass is 9.76. The molecule has 29 heavy (non-hydrogen) atoms. The van der Waals surface area contributed by atoms with Gasteiger partial charge in [0.25, 0.3) is 0 Å². The fraction of sp³-hybridized carbons (Fsp3) is 0.240. The van der Waals surface area contributed by atoms with Crippen LogP contribution in [0.15, 0.2) is 60.7 Å². The monoisotopic (exact) mass is 385 g/mol. The maximum atomic E-state index is 12.9. The van der Waals surface area contributed by atoms with E-state index in [1.807, 2.05) is 55.5 Å². The number of benzene rings is 3. The van der Waals surface area contributed by atoms with E-state index in [0.717, 1.165) is 52.5 Å². The van der Waals surface area contributed by atoms with Crippen LogP contribution in [0.1, 0.15) is 46.5 Å². The molecule has 0 saturated carbocycles. The van der Waals surface area contributed by atoms with Crippen LogP contribution in [0.5, 0.6) is 11.5 Å². The summed E-state index contributed by atoms with van der Waals surface area (Å²) >= 11 is 0.